The zero-order valence-electron chi connectivity index (χ0n) is 19.5. The van der Waals surface area contributed by atoms with Crippen molar-refractivity contribution in [3.63, 3.8) is 0 Å². The average Bonchev–Trinajstić information content (AvgIpc) is 2.76. The van der Waals surface area contributed by atoms with Gasteiger partial charge in [-0.05, 0) is 74.6 Å². The number of alkyl halides is 1. The fourth-order valence-electron chi connectivity index (χ4n) is 4.19. The van der Waals surface area contributed by atoms with Crippen molar-refractivity contribution >= 4 is 29.3 Å². The number of rotatable bonds is 5. The molecule has 178 valence electrons. The second-order valence-electron chi connectivity index (χ2n) is 9.30. The summed E-state index contributed by atoms with van der Waals surface area (Å²) in [5.74, 6) is -0.327. The number of anilines is 1. The van der Waals surface area contributed by atoms with Crippen LogP contribution in [0.25, 0.3) is 11.1 Å². The molecule has 1 aliphatic rings. The number of piperidine rings is 1. The molecule has 0 aliphatic carbocycles. The Labute approximate surface area is 199 Å². The number of hydrogen-bond acceptors (Lipinski definition) is 4. The second-order valence-corrected chi connectivity index (χ2v) is 9.57. The van der Waals surface area contributed by atoms with Crippen molar-refractivity contribution < 1.29 is 18.7 Å². The molecule has 3 rings (SSSR count). The molecule has 2 amide bonds. The predicted octanol–water partition coefficient (Wildman–Crippen LogP) is 4.84. The van der Waals surface area contributed by atoms with Crippen molar-refractivity contribution in [1.29, 1.82) is 0 Å². The van der Waals surface area contributed by atoms with Crippen molar-refractivity contribution in [1.82, 2.24) is 10.6 Å². The number of nitrogens with zero attached hydrogens (tertiary/aromatic N) is 1. The van der Waals surface area contributed by atoms with Crippen LogP contribution in [0.5, 0.6) is 0 Å². The molecular weight excluding hydrogens is 445 g/mol. The maximum Gasteiger partial charge on any atom is 0.408 e. The van der Waals surface area contributed by atoms with E-state index in [0.29, 0.717) is 19.4 Å². The Morgan fingerprint density at radius 3 is 2.55 bits per heavy atom. The molecule has 2 aromatic rings. The molecule has 0 bridgehead atoms. The zero-order valence-corrected chi connectivity index (χ0v) is 20.3. The minimum absolute atomic E-state index is 0.251. The summed E-state index contributed by atoms with van der Waals surface area (Å²) in [7, 11) is 1.55. The van der Waals surface area contributed by atoms with Gasteiger partial charge in [0.15, 0.2) is 0 Å². The van der Waals surface area contributed by atoms with E-state index in [2.05, 4.69) is 15.5 Å². The summed E-state index contributed by atoms with van der Waals surface area (Å²) in [5.41, 5.74) is 1.54. The predicted molar refractivity (Wildman–Crippen MR) is 129 cm³/mol. The highest BCUT2D eigenvalue weighted by molar-refractivity contribution is 6.17. The lowest BCUT2D eigenvalue weighted by Gasteiger charge is -2.43. The third-order valence-electron chi connectivity index (χ3n) is 5.62. The number of carbonyl (C=O) groups is 2. The Morgan fingerprint density at radius 2 is 1.91 bits per heavy atom. The number of benzene rings is 2. The van der Waals surface area contributed by atoms with Crippen molar-refractivity contribution in [2.75, 3.05) is 25.0 Å². The van der Waals surface area contributed by atoms with Crippen LogP contribution in [0.4, 0.5) is 14.9 Å². The van der Waals surface area contributed by atoms with Crippen molar-refractivity contribution in [2.45, 2.75) is 50.6 Å². The van der Waals surface area contributed by atoms with Crippen LogP contribution in [0.1, 0.15) is 39.2 Å². The lowest BCUT2D eigenvalue weighted by atomic mass is 9.87. The van der Waals surface area contributed by atoms with Crippen LogP contribution in [0.2, 0.25) is 0 Å². The molecule has 1 fully saturated rings. The van der Waals surface area contributed by atoms with Gasteiger partial charge < -0.3 is 20.3 Å². The van der Waals surface area contributed by atoms with Gasteiger partial charge in [-0.1, -0.05) is 18.2 Å². The van der Waals surface area contributed by atoms with E-state index in [1.165, 1.54) is 12.1 Å². The number of hydrogen-bond donors (Lipinski definition) is 2. The Bertz CT molecular complexity index is 1020. The number of ether oxygens (including phenoxy) is 1. The third kappa shape index (κ3) is 5.96. The lowest BCUT2D eigenvalue weighted by molar-refractivity contribution is -0.127. The monoisotopic (exact) mass is 475 g/mol. The summed E-state index contributed by atoms with van der Waals surface area (Å²) >= 11 is 6.29. The summed E-state index contributed by atoms with van der Waals surface area (Å²) in [6, 6.07) is 12.2. The van der Waals surface area contributed by atoms with Gasteiger partial charge in [0.25, 0.3) is 0 Å². The number of halogens is 2. The normalized spacial score (nSPS) is 18.5. The smallest absolute Gasteiger partial charge is 0.408 e. The van der Waals surface area contributed by atoms with E-state index in [0.717, 1.165) is 22.4 Å². The summed E-state index contributed by atoms with van der Waals surface area (Å²) in [6.45, 7) is 6.31. The number of amides is 2. The summed E-state index contributed by atoms with van der Waals surface area (Å²) in [6.07, 6.45) is 0.545. The summed E-state index contributed by atoms with van der Waals surface area (Å²) in [5, 5.41) is 5.51. The van der Waals surface area contributed by atoms with Gasteiger partial charge in [0.2, 0.25) is 5.91 Å². The van der Waals surface area contributed by atoms with Gasteiger partial charge in [0, 0.05) is 25.2 Å². The molecule has 0 radical (unpaired) electrons. The third-order valence-corrected chi connectivity index (χ3v) is 5.90. The van der Waals surface area contributed by atoms with E-state index in [-0.39, 0.29) is 24.1 Å². The molecular formula is C25H31ClFN3O3. The minimum Gasteiger partial charge on any atom is -0.444 e. The van der Waals surface area contributed by atoms with Gasteiger partial charge in [-0.15, -0.1) is 11.6 Å². The molecule has 2 N–H and O–H groups in total. The molecule has 0 aromatic heterocycles. The molecule has 1 aliphatic heterocycles. The van der Waals surface area contributed by atoms with Crippen molar-refractivity contribution in [3.8, 4) is 11.1 Å². The van der Waals surface area contributed by atoms with Crippen LogP contribution < -0.4 is 15.5 Å². The Hall–Kier alpha value is -2.80. The minimum atomic E-state index is -1.14. The van der Waals surface area contributed by atoms with Crippen molar-refractivity contribution in [2.24, 2.45) is 0 Å². The Balaban J connectivity index is 1.91. The first-order valence-electron chi connectivity index (χ1n) is 11.0. The number of carbonyl (C=O) groups excluding carboxylic acids is 2. The number of alkyl carbamates (subject to hydrolysis) is 1. The molecule has 0 spiro atoms. The molecule has 33 heavy (non-hydrogen) atoms. The van der Waals surface area contributed by atoms with Crippen LogP contribution in [0, 0.1) is 5.82 Å². The first kappa shape index (κ1) is 24.8. The van der Waals surface area contributed by atoms with Gasteiger partial charge >= 0.3 is 6.09 Å². The van der Waals surface area contributed by atoms with E-state index < -0.39 is 17.2 Å². The van der Waals surface area contributed by atoms with Gasteiger partial charge in [0.05, 0.1) is 6.54 Å². The van der Waals surface area contributed by atoms with Gasteiger partial charge in [-0.3, -0.25) is 4.79 Å². The van der Waals surface area contributed by atoms with Crippen LogP contribution in [0.3, 0.4) is 0 Å². The fraction of sp³-hybridized carbons (Fsp3) is 0.440. The van der Waals surface area contributed by atoms with Crippen LogP contribution in [-0.4, -0.2) is 43.3 Å². The van der Waals surface area contributed by atoms with E-state index >= 15 is 0 Å². The SMILES string of the molecule is CNC(=O)C1(NC(=O)OC(C)(C)C)CCCN(c2ccc(-c3cccc(F)c3)cc2CCl)C1. The molecule has 1 heterocycles. The highest BCUT2D eigenvalue weighted by atomic mass is 35.5. The standard InChI is InChI=1S/C25H31ClFN3O3/c1-24(2,3)33-23(32)29-25(22(31)28-4)11-6-12-30(16-25)21-10-9-18(13-19(21)15-26)17-7-5-8-20(27)14-17/h5,7-10,13-14H,6,11-12,15-16H2,1-4H3,(H,28,31)(H,29,32). The highest BCUT2D eigenvalue weighted by Crippen LogP contribution is 2.33. The van der Waals surface area contributed by atoms with Crippen LogP contribution in [-0.2, 0) is 15.4 Å². The first-order chi connectivity index (χ1) is 15.6. The maximum absolute atomic E-state index is 13.7. The fourth-order valence-corrected chi connectivity index (χ4v) is 4.41. The van der Waals surface area contributed by atoms with E-state index in [9.17, 15) is 14.0 Å². The molecule has 0 saturated carbocycles. The van der Waals surface area contributed by atoms with E-state index in [1.54, 1.807) is 33.9 Å². The molecule has 2 aromatic carbocycles. The molecule has 8 heteroatoms. The first-order valence-corrected chi connectivity index (χ1v) is 11.5. The van der Waals surface area contributed by atoms with Crippen molar-refractivity contribution in [3.05, 3.63) is 53.8 Å². The van der Waals surface area contributed by atoms with E-state index in [1.807, 2.05) is 24.3 Å². The zero-order chi connectivity index (χ0) is 24.2. The maximum atomic E-state index is 13.7. The van der Waals surface area contributed by atoms with Gasteiger partial charge in [-0.2, -0.15) is 0 Å². The summed E-state index contributed by atoms with van der Waals surface area (Å²) < 4.78 is 19.1. The van der Waals surface area contributed by atoms with Crippen LogP contribution >= 0.6 is 11.6 Å². The quantitative estimate of drug-likeness (QED) is 0.607. The van der Waals surface area contributed by atoms with Gasteiger partial charge in [0.1, 0.15) is 17.0 Å². The Kier molecular flexibility index (Phi) is 7.52. The topological polar surface area (TPSA) is 70.7 Å². The summed E-state index contributed by atoms with van der Waals surface area (Å²) in [4.78, 5) is 27.5. The highest BCUT2D eigenvalue weighted by Gasteiger charge is 2.44. The average molecular weight is 476 g/mol. The van der Waals surface area contributed by atoms with E-state index in [4.69, 9.17) is 16.3 Å². The Morgan fingerprint density at radius 1 is 1.18 bits per heavy atom. The van der Waals surface area contributed by atoms with Crippen LogP contribution in [0.15, 0.2) is 42.5 Å². The molecule has 1 saturated heterocycles. The number of nitrogens with one attached hydrogen (secondary N) is 2. The van der Waals surface area contributed by atoms with Gasteiger partial charge in [-0.25, -0.2) is 9.18 Å². The molecule has 1 unspecified atom stereocenters. The molecule has 1 atom stereocenters. The molecule has 6 nitrogen and oxygen atoms in total. The second kappa shape index (κ2) is 10.00. The largest absolute Gasteiger partial charge is 0.444 e. The lowest BCUT2D eigenvalue weighted by Crippen LogP contribution is -2.66. The number of likely N-dealkylation sites (N-methyl/N-ethyl adjacent to an activating group) is 1.